The van der Waals surface area contributed by atoms with E-state index < -0.39 is 5.82 Å². The van der Waals surface area contributed by atoms with Gasteiger partial charge in [-0.1, -0.05) is 23.8 Å². The minimum absolute atomic E-state index is 0.0783. The van der Waals surface area contributed by atoms with Gasteiger partial charge in [0.1, 0.15) is 12.4 Å². The second-order valence-electron chi connectivity index (χ2n) is 5.81. The summed E-state index contributed by atoms with van der Waals surface area (Å²) in [5.74, 6) is -0.806. The number of fused-ring (bicyclic) bond motifs is 1. The number of benzene rings is 2. The van der Waals surface area contributed by atoms with Crippen molar-refractivity contribution in [3.63, 3.8) is 0 Å². The first-order valence-electron chi connectivity index (χ1n) is 7.60. The van der Waals surface area contributed by atoms with Crippen molar-refractivity contribution in [2.45, 2.75) is 20.4 Å². The average molecular weight is 324 g/mol. The first-order valence-corrected chi connectivity index (χ1v) is 7.60. The van der Waals surface area contributed by atoms with Crippen molar-refractivity contribution in [1.82, 2.24) is 4.57 Å². The van der Waals surface area contributed by atoms with Crippen LogP contribution in [0.1, 0.15) is 11.1 Å². The van der Waals surface area contributed by atoms with Crippen LogP contribution < -0.4 is 10.7 Å². The fourth-order valence-corrected chi connectivity index (χ4v) is 2.76. The number of rotatable bonds is 3. The zero-order valence-corrected chi connectivity index (χ0v) is 13.5. The molecule has 24 heavy (non-hydrogen) atoms. The normalized spacial score (nSPS) is 10.8. The first kappa shape index (κ1) is 15.9. The number of halogens is 1. The van der Waals surface area contributed by atoms with Crippen LogP contribution in [-0.4, -0.2) is 10.5 Å². The minimum atomic E-state index is -0.524. The number of anilines is 1. The third kappa shape index (κ3) is 3.06. The number of hydrogen-bond donors (Lipinski definition) is 1. The van der Waals surface area contributed by atoms with Crippen molar-refractivity contribution >= 4 is 22.5 Å². The van der Waals surface area contributed by atoms with Crippen LogP contribution in [0.25, 0.3) is 10.9 Å². The van der Waals surface area contributed by atoms with Gasteiger partial charge in [-0.2, -0.15) is 0 Å². The van der Waals surface area contributed by atoms with Crippen LogP contribution in [0.4, 0.5) is 10.1 Å². The molecule has 2 aromatic carbocycles. The van der Waals surface area contributed by atoms with Crippen LogP contribution in [0, 0.1) is 19.7 Å². The lowest BCUT2D eigenvalue weighted by Crippen LogP contribution is -2.21. The number of para-hydroxylation sites is 1. The zero-order valence-electron chi connectivity index (χ0n) is 13.5. The Bertz CT molecular complexity index is 992. The molecule has 4 nitrogen and oxygen atoms in total. The standard InChI is InChI=1S/C19H17FN2O2/c1-12-6-7-16(13(2)10-12)21-18(24)11-22-9-8-17(23)14-4-3-5-15(20)19(14)22/h3-10H,11H2,1-2H3,(H,21,24). The molecular formula is C19H17FN2O2. The number of hydrogen-bond acceptors (Lipinski definition) is 2. The van der Waals surface area contributed by atoms with Gasteiger partial charge >= 0.3 is 0 Å². The molecule has 0 fully saturated rings. The van der Waals surface area contributed by atoms with Crippen molar-refractivity contribution in [3.05, 3.63) is 75.8 Å². The van der Waals surface area contributed by atoms with Crippen LogP contribution in [0.15, 0.2) is 53.5 Å². The predicted octanol–water partition coefficient (Wildman–Crippen LogP) is 3.40. The van der Waals surface area contributed by atoms with Crippen LogP contribution in [-0.2, 0) is 11.3 Å². The van der Waals surface area contributed by atoms with E-state index in [9.17, 15) is 14.0 Å². The highest BCUT2D eigenvalue weighted by molar-refractivity contribution is 5.92. The van der Waals surface area contributed by atoms with Crippen molar-refractivity contribution in [1.29, 1.82) is 0 Å². The van der Waals surface area contributed by atoms with E-state index in [0.29, 0.717) is 0 Å². The molecule has 0 bridgehead atoms. The second-order valence-corrected chi connectivity index (χ2v) is 5.81. The van der Waals surface area contributed by atoms with E-state index in [2.05, 4.69) is 5.32 Å². The molecule has 1 N–H and O–H groups in total. The lowest BCUT2D eigenvalue weighted by Gasteiger charge is -2.13. The van der Waals surface area contributed by atoms with Gasteiger partial charge in [-0.25, -0.2) is 4.39 Å². The number of carbonyl (C=O) groups is 1. The quantitative estimate of drug-likeness (QED) is 0.803. The Morgan fingerprint density at radius 3 is 2.71 bits per heavy atom. The van der Waals surface area contributed by atoms with Crippen LogP contribution in [0.3, 0.4) is 0 Å². The van der Waals surface area contributed by atoms with Crippen molar-refractivity contribution in [2.24, 2.45) is 0 Å². The zero-order chi connectivity index (χ0) is 17.3. The summed E-state index contributed by atoms with van der Waals surface area (Å²) in [5.41, 5.74) is 2.66. The van der Waals surface area contributed by atoms with Gasteiger partial charge in [0.25, 0.3) is 0 Å². The Morgan fingerprint density at radius 2 is 1.96 bits per heavy atom. The summed E-state index contributed by atoms with van der Waals surface area (Å²) in [7, 11) is 0. The number of amides is 1. The number of aromatic nitrogens is 1. The van der Waals surface area contributed by atoms with Gasteiger partial charge in [0, 0.05) is 23.3 Å². The molecule has 3 rings (SSSR count). The molecule has 0 aliphatic rings. The Morgan fingerprint density at radius 1 is 1.17 bits per heavy atom. The topological polar surface area (TPSA) is 51.1 Å². The van der Waals surface area contributed by atoms with E-state index in [-0.39, 0.29) is 28.8 Å². The maximum Gasteiger partial charge on any atom is 0.244 e. The fourth-order valence-electron chi connectivity index (χ4n) is 2.76. The molecule has 0 radical (unpaired) electrons. The molecule has 1 amide bonds. The largest absolute Gasteiger partial charge is 0.335 e. The van der Waals surface area contributed by atoms with E-state index in [1.165, 1.54) is 29.0 Å². The van der Waals surface area contributed by atoms with Gasteiger partial charge in [0.2, 0.25) is 5.91 Å². The van der Waals surface area contributed by atoms with Gasteiger partial charge in [-0.3, -0.25) is 9.59 Å². The van der Waals surface area contributed by atoms with E-state index >= 15 is 0 Å². The number of pyridine rings is 1. The monoisotopic (exact) mass is 324 g/mol. The Balaban J connectivity index is 1.91. The molecule has 0 unspecified atom stereocenters. The maximum atomic E-state index is 14.1. The summed E-state index contributed by atoms with van der Waals surface area (Å²) < 4.78 is 15.6. The molecule has 1 heterocycles. The lowest BCUT2D eigenvalue weighted by atomic mass is 10.1. The Hall–Kier alpha value is -2.95. The number of nitrogens with one attached hydrogen (secondary N) is 1. The molecule has 3 aromatic rings. The number of carbonyl (C=O) groups excluding carboxylic acids is 1. The molecule has 5 heteroatoms. The molecule has 0 atom stereocenters. The first-order chi connectivity index (χ1) is 11.5. The maximum absolute atomic E-state index is 14.1. The molecule has 0 aliphatic heterocycles. The Labute approximate surface area is 138 Å². The predicted molar refractivity (Wildman–Crippen MR) is 92.7 cm³/mol. The van der Waals surface area contributed by atoms with Gasteiger partial charge in [0.05, 0.1) is 5.52 Å². The fraction of sp³-hybridized carbons (Fsp3) is 0.158. The highest BCUT2D eigenvalue weighted by Crippen LogP contribution is 2.17. The molecular weight excluding hydrogens is 307 g/mol. The molecule has 0 saturated heterocycles. The Kier molecular flexibility index (Phi) is 4.16. The minimum Gasteiger partial charge on any atom is -0.335 e. The number of nitrogens with zero attached hydrogens (tertiary/aromatic N) is 1. The smallest absolute Gasteiger partial charge is 0.244 e. The van der Waals surface area contributed by atoms with Crippen LogP contribution >= 0.6 is 0 Å². The molecule has 122 valence electrons. The van der Waals surface area contributed by atoms with Gasteiger partial charge < -0.3 is 9.88 Å². The molecule has 0 spiro atoms. The van der Waals surface area contributed by atoms with Crippen LogP contribution in [0.5, 0.6) is 0 Å². The van der Waals surface area contributed by atoms with Crippen molar-refractivity contribution < 1.29 is 9.18 Å². The average Bonchev–Trinajstić information content (AvgIpc) is 2.53. The van der Waals surface area contributed by atoms with E-state index in [0.717, 1.165) is 16.8 Å². The van der Waals surface area contributed by atoms with Crippen molar-refractivity contribution in [3.8, 4) is 0 Å². The van der Waals surface area contributed by atoms with Crippen molar-refractivity contribution in [2.75, 3.05) is 5.32 Å². The summed E-state index contributed by atoms with van der Waals surface area (Å²) >= 11 is 0. The summed E-state index contributed by atoms with van der Waals surface area (Å²) in [6, 6.07) is 11.4. The van der Waals surface area contributed by atoms with Gasteiger partial charge in [-0.15, -0.1) is 0 Å². The highest BCUT2D eigenvalue weighted by Gasteiger charge is 2.11. The van der Waals surface area contributed by atoms with E-state index in [4.69, 9.17) is 0 Å². The summed E-state index contributed by atoms with van der Waals surface area (Å²) in [6.45, 7) is 3.82. The van der Waals surface area contributed by atoms with Gasteiger partial charge in [0.15, 0.2) is 5.43 Å². The lowest BCUT2D eigenvalue weighted by molar-refractivity contribution is -0.116. The van der Waals surface area contributed by atoms with Crippen LogP contribution in [0.2, 0.25) is 0 Å². The van der Waals surface area contributed by atoms with E-state index in [1.54, 1.807) is 6.07 Å². The molecule has 0 aliphatic carbocycles. The second kappa shape index (κ2) is 6.28. The molecule has 0 saturated carbocycles. The summed E-state index contributed by atoms with van der Waals surface area (Å²) in [4.78, 5) is 24.2. The van der Waals surface area contributed by atoms with Gasteiger partial charge in [-0.05, 0) is 37.6 Å². The highest BCUT2D eigenvalue weighted by atomic mass is 19.1. The molecule has 1 aromatic heterocycles. The number of aryl methyl sites for hydroxylation is 2. The third-order valence-electron chi connectivity index (χ3n) is 3.92. The summed E-state index contributed by atoms with van der Waals surface area (Å²) in [5, 5.41) is 3.09. The summed E-state index contributed by atoms with van der Waals surface area (Å²) in [6.07, 6.45) is 1.44. The van der Waals surface area contributed by atoms with E-state index in [1.807, 2.05) is 32.0 Å². The third-order valence-corrected chi connectivity index (χ3v) is 3.92. The SMILES string of the molecule is Cc1ccc(NC(=O)Cn2ccc(=O)c3cccc(F)c32)c(C)c1.